The summed E-state index contributed by atoms with van der Waals surface area (Å²) in [4.78, 5) is 22.0. The molecule has 1 N–H and O–H groups in total. The van der Waals surface area contributed by atoms with Gasteiger partial charge in [0, 0.05) is 20.0 Å². The molecule has 6 nitrogen and oxygen atoms in total. The van der Waals surface area contributed by atoms with E-state index in [1.54, 1.807) is 7.05 Å². The molecule has 0 aromatic heterocycles. The Kier molecular flexibility index (Phi) is 5.05. The fourth-order valence-corrected chi connectivity index (χ4v) is 1.72. The average molecular weight is 291 g/mol. The van der Waals surface area contributed by atoms with E-state index in [9.17, 15) is 19.3 Å². The second-order valence-corrected chi connectivity index (χ2v) is 4.34. The van der Waals surface area contributed by atoms with E-state index in [-0.39, 0.29) is 23.7 Å². The first-order valence-electron chi connectivity index (χ1n) is 5.39. The van der Waals surface area contributed by atoms with Crippen molar-refractivity contribution in [3.63, 3.8) is 0 Å². The van der Waals surface area contributed by atoms with Crippen LogP contribution >= 0.6 is 11.6 Å². The molecule has 19 heavy (non-hydrogen) atoms. The quantitative estimate of drug-likeness (QED) is 0.643. The summed E-state index contributed by atoms with van der Waals surface area (Å²) in [6.45, 7) is 0.287. The number of hydrogen-bond acceptors (Lipinski definition) is 4. The number of benzene rings is 1. The molecular formula is C11H12ClFN2O4. The Hall–Kier alpha value is -1.89. The van der Waals surface area contributed by atoms with Gasteiger partial charge in [0.1, 0.15) is 11.5 Å². The molecule has 1 rings (SSSR count). The molecule has 8 heteroatoms. The van der Waals surface area contributed by atoms with Gasteiger partial charge in [0.25, 0.3) is 5.69 Å². The highest BCUT2D eigenvalue weighted by atomic mass is 35.5. The first-order valence-corrected chi connectivity index (χ1v) is 5.77. The maximum Gasteiger partial charge on any atom is 0.303 e. The van der Waals surface area contributed by atoms with E-state index >= 15 is 0 Å². The Balaban J connectivity index is 2.94. The smallest absolute Gasteiger partial charge is 0.303 e. The minimum atomic E-state index is -0.944. The van der Waals surface area contributed by atoms with Gasteiger partial charge in [-0.25, -0.2) is 4.39 Å². The van der Waals surface area contributed by atoms with E-state index in [0.29, 0.717) is 6.42 Å². The number of carbonyl (C=O) groups is 1. The third-order valence-corrected chi connectivity index (χ3v) is 2.80. The van der Waals surface area contributed by atoms with Crippen LogP contribution in [0.4, 0.5) is 15.8 Å². The summed E-state index contributed by atoms with van der Waals surface area (Å²) in [6.07, 6.45) is 0.269. The summed E-state index contributed by atoms with van der Waals surface area (Å²) in [6, 6.07) is 1.92. The maximum absolute atomic E-state index is 13.2. The molecule has 0 amide bonds. The van der Waals surface area contributed by atoms with E-state index < -0.39 is 22.4 Å². The van der Waals surface area contributed by atoms with Crippen LogP contribution in [-0.4, -0.2) is 29.6 Å². The fraction of sp³-hybridized carbons (Fsp3) is 0.364. The van der Waals surface area contributed by atoms with Gasteiger partial charge in [-0.2, -0.15) is 0 Å². The molecule has 0 aliphatic heterocycles. The zero-order chi connectivity index (χ0) is 14.6. The topological polar surface area (TPSA) is 83.7 Å². The van der Waals surface area contributed by atoms with Gasteiger partial charge < -0.3 is 10.0 Å². The SMILES string of the molecule is CN(CCCC(=O)O)c1cc(Cl)c(F)cc1[N+](=O)[O-]. The molecule has 0 radical (unpaired) electrons. The van der Waals surface area contributed by atoms with Crippen LogP contribution in [0.2, 0.25) is 5.02 Å². The largest absolute Gasteiger partial charge is 0.481 e. The number of nitro benzene ring substituents is 1. The monoisotopic (exact) mass is 290 g/mol. The summed E-state index contributed by atoms with van der Waals surface area (Å²) in [5.74, 6) is -1.81. The predicted molar refractivity (Wildman–Crippen MR) is 68.2 cm³/mol. The highest BCUT2D eigenvalue weighted by molar-refractivity contribution is 6.31. The number of aliphatic carboxylic acids is 1. The van der Waals surface area contributed by atoms with Crippen molar-refractivity contribution < 1.29 is 19.2 Å². The Bertz CT molecular complexity index is 510. The minimum absolute atomic E-state index is 0.0485. The standard InChI is InChI=1S/C11H12ClFN2O4/c1-14(4-2-3-11(16)17)9-5-7(12)8(13)6-10(9)15(18)19/h5-6H,2-4H2,1H3,(H,16,17). The average Bonchev–Trinajstić information content (AvgIpc) is 2.31. The van der Waals surface area contributed by atoms with E-state index in [4.69, 9.17) is 16.7 Å². The van der Waals surface area contributed by atoms with Crippen molar-refractivity contribution in [2.45, 2.75) is 12.8 Å². The summed E-state index contributed by atoms with van der Waals surface area (Å²) in [7, 11) is 1.55. The van der Waals surface area contributed by atoms with Gasteiger partial charge in [0.05, 0.1) is 16.0 Å². The molecule has 0 unspecified atom stereocenters. The van der Waals surface area contributed by atoms with E-state index in [2.05, 4.69) is 0 Å². The van der Waals surface area contributed by atoms with Crippen LogP contribution in [-0.2, 0) is 4.79 Å². The Morgan fingerprint density at radius 2 is 2.21 bits per heavy atom. The lowest BCUT2D eigenvalue weighted by Crippen LogP contribution is -2.20. The van der Waals surface area contributed by atoms with Crippen LogP contribution in [0.5, 0.6) is 0 Å². The molecule has 0 fully saturated rings. The lowest BCUT2D eigenvalue weighted by atomic mass is 10.2. The maximum atomic E-state index is 13.2. The Morgan fingerprint density at radius 1 is 1.58 bits per heavy atom. The van der Waals surface area contributed by atoms with Gasteiger partial charge >= 0.3 is 5.97 Å². The number of carboxylic acids is 1. The van der Waals surface area contributed by atoms with Crippen molar-refractivity contribution in [2.75, 3.05) is 18.5 Å². The predicted octanol–water partition coefficient (Wildman–Crippen LogP) is 2.69. The van der Waals surface area contributed by atoms with Crippen molar-refractivity contribution in [3.05, 3.63) is 33.1 Å². The molecule has 0 saturated carbocycles. The lowest BCUT2D eigenvalue weighted by molar-refractivity contribution is -0.384. The molecule has 0 heterocycles. The van der Waals surface area contributed by atoms with Crippen molar-refractivity contribution in [2.24, 2.45) is 0 Å². The molecule has 0 atom stereocenters. The number of rotatable bonds is 6. The summed E-state index contributed by atoms with van der Waals surface area (Å²) in [5.41, 5.74) is -0.249. The van der Waals surface area contributed by atoms with Crippen molar-refractivity contribution >= 4 is 28.9 Å². The minimum Gasteiger partial charge on any atom is -0.481 e. The normalized spacial score (nSPS) is 10.3. The molecular weight excluding hydrogens is 279 g/mol. The zero-order valence-electron chi connectivity index (χ0n) is 10.1. The summed E-state index contributed by atoms with van der Waals surface area (Å²) < 4.78 is 13.2. The molecule has 1 aromatic carbocycles. The Morgan fingerprint density at radius 3 is 2.74 bits per heavy atom. The van der Waals surface area contributed by atoms with E-state index in [0.717, 1.165) is 12.1 Å². The second kappa shape index (κ2) is 6.33. The Labute approximate surface area is 113 Å². The number of nitrogens with zero attached hydrogens (tertiary/aromatic N) is 2. The van der Waals surface area contributed by atoms with E-state index in [1.165, 1.54) is 4.90 Å². The van der Waals surface area contributed by atoms with Crippen LogP contribution in [0.1, 0.15) is 12.8 Å². The van der Waals surface area contributed by atoms with Crippen LogP contribution in [0.25, 0.3) is 0 Å². The molecule has 0 bridgehead atoms. The van der Waals surface area contributed by atoms with Crippen LogP contribution in [0, 0.1) is 15.9 Å². The first kappa shape index (κ1) is 15.2. The highest BCUT2D eigenvalue weighted by Crippen LogP contribution is 2.32. The first-order chi connectivity index (χ1) is 8.82. The van der Waals surface area contributed by atoms with Crippen molar-refractivity contribution in [3.8, 4) is 0 Å². The van der Waals surface area contributed by atoms with Gasteiger partial charge in [0.2, 0.25) is 0 Å². The van der Waals surface area contributed by atoms with Crippen LogP contribution in [0.15, 0.2) is 12.1 Å². The third kappa shape index (κ3) is 4.06. The number of nitro groups is 1. The van der Waals surface area contributed by atoms with Crippen molar-refractivity contribution in [1.29, 1.82) is 0 Å². The molecule has 0 aliphatic carbocycles. The van der Waals surface area contributed by atoms with Crippen LogP contribution < -0.4 is 4.90 Å². The second-order valence-electron chi connectivity index (χ2n) is 3.93. The van der Waals surface area contributed by atoms with Gasteiger partial charge in [-0.3, -0.25) is 14.9 Å². The van der Waals surface area contributed by atoms with Gasteiger partial charge in [-0.1, -0.05) is 11.6 Å². The number of hydrogen-bond donors (Lipinski definition) is 1. The van der Waals surface area contributed by atoms with E-state index in [1.807, 2.05) is 0 Å². The highest BCUT2D eigenvalue weighted by Gasteiger charge is 2.20. The van der Waals surface area contributed by atoms with Gasteiger partial charge in [-0.15, -0.1) is 0 Å². The van der Waals surface area contributed by atoms with Crippen molar-refractivity contribution in [1.82, 2.24) is 0 Å². The molecule has 1 aromatic rings. The van der Waals surface area contributed by atoms with Gasteiger partial charge in [0.15, 0.2) is 0 Å². The number of halogens is 2. The fourth-order valence-electron chi connectivity index (χ4n) is 1.57. The van der Waals surface area contributed by atoms with Gasteiger partial charge in [-0.05, 0) is 12.5 Å². The molecule has 0 aliphatic rings. The van der Waals surface area contributed by atoms with Crippen LogP contribution in [0.3, 0.4) is 0 Å². The number of anilines is 1. The molecule has 104 valence electrons. The lowest BCUT2D eigenvalue weighted by Gasteiger charge is -2.19. The summed E-state index contributed by atoms with van der Waals surface area (Å²) in [5, 5.41) is 19.2. The zero-order valence-corrected chi connectivity index (χ0v) is 10.9. The summed E-state index contributed by atoms with van der Waals surface area (Å²) >= 11 is 5.60. The number of carboxylic acid groups (broad SMARTS) is 1. The molecule has 0 spiro atoms. The molecule has 0 saturated heterocycles. The third-order valence-electron chi connectivity index (χ3n) is 2.51.